The summed E-state index contributed by atoms with van der Waals surface area (Å²) in [5.41, 5.74) is 4.95. The van der Waals surface area contributed by atoms with Crippen molar-refractivity contribution >= 4 is 29.6 Å². The first-order valence-electron chi connectivity index (χ1n) is 9.18. The third-order valence-electron chi connectivity index (χ3n) is 5.17. The Hall–Kier alpha value is -3.11. The maximum atomic E-state index is 12.5. The van der Waals surface area contributed by atoms with Gasteiger partial charge >= 0.3 is 0 Å². The van der Waals surface area contributed by atoms with Crippen molar-refractivity contribution in [2.45, 2.75) is 12.3 Å². The average Bonchev–Trinajstić information content (AvgIpc) is 3.41. The van der Waals surface area contributed by atoms with Crippen molar-refractivity contribution in [3.63, 3.8) is 0 Å². The molecular formula is C23H20ClN3O. The fourth-order valence-corrected chi connectivity index (χ4v) is 3.59. The molecule has 5 heteroatoms. The third-order valence-corrected chi connectivity index (χ3v) is 5.17. The number of carbonyl (C=O) groups is 1. The summed E-state index contributed by atoms with van der Waals surface area (Å²) in [7, 11) is 0. The monoisotopic (exact) mass is 389 g/mol. The predicted molar refractivity (Wildman–Crippen MR) is 114 cm³/mol. The molecule has 1 saturated carbocycles. The molecule has 4 aromatic rings. The number of hydrogen-bond donors (Lipinski definition) is 1. The molecule has 2 aromatic carbocycles. The second-order valence-corrected chi connectivity index (χ2v) is 7.02. The first-order chi connectivity index (χ1) is 13.3. The lowest BCUT2D eigenvalue weighted by Crippen LogP contribution is -2.14. The van der Waals surface area contributed by atoms with Gasteiger partial charge in [0.05, 0.1) is 5.69 Å². The van der Waals surface area contributed by atoms with Crippen molar-refractivity contribution in [1.29, 1.82) is 0 Å². The second-order valence-electron chi connectivity index (χ2n) is 7.02. The second kappa shape index (κ2) is 7.49. The molecular weight excluding hydrogens is 370 g/mol. The minimum atomic E-state index is 0. The summed E-state index contributed by atoms with van der Waals surface area (Å²) in [6, 6.07) is 24.1. The molecule has 1 aliphatic carbocycles. The standard InChI is InChI=1S/C23H19N3O.ClH/c27-23(20-14-19(20)16-6-2-1-3-7-16)24-18-11-9-17(10-12-18)21-15-26-13-5-4-8-22(26)25-21;/h1-13,15,19-20H,14H2,(H,24,27);1H. The van der Waals surface area contributed by atoms with Gasteiger partial charge in [-0.2, -0.15) is 0 Å². The van der Waals surface area contributed by atoms with Crippen LogP contribution in [0, 0.1) is 5.92 Å². The zero-order chi connectivity index (χ0) is 18.2. The van der Waals surface area contributed by atoms with E-state index in [0.717, 1.165) is 29.0 Å². The maximum absolute atomic E-state index is 12.5. The van der Waals surface area contributed by atoms with Gasteiger partial charge in [0.15, 0.2) is 0 Å². The van der Waals surface area contributed by atoms with Crippen molar-refractivity contribution in [2.75, 3.05) is 5.32 Å². The molecule has 4 nitrogen and oxygen atoms in total. The van der Waals surface area contributed by atoms with Crippen LogP contribution >= 0.6 is 12.4 Å². The van der Waals surface area contributed by atoms with Crippen LogP contribution in [0.3, 0.4) is 0 Å². The predicted octanol–water partition coefficient (Wildman–Crippen LogP) is 5.17. The number of halogens is 1. The minimum Gasteiger partial charge on any atom is -0.326 e. The highest BCUT2D eigenvalue weighted by Crippen LogP contribution is 2.47. The highest BCUT2D eigenvalue weighted by atomic mass is 35.5. The number of carbonyl (C=O) groups excluding carboxylic acids is 1. The van der Waals surface area contributed by atoms with Gasteiger partial charge in [0.1, 0.15) is 5.65 Å². The van der Waals surface area contributed by atoms with Crippen LogP contribution in [0.4, 0.5) is 5.69 Å². The topological polar surface area (TPSA) is 46.4 Å². The first kappa shape index (κ1) is 18.3. The summed E-state index contributed by atoms with van der Waals surface area (Å²) in [5, 5.41) is 3.04. The number of anilines is 1. The number of fused-ring (bicyclic) bond motifs is 1. The van der Waals surface area contributed by atoms with Gasteiger partial charge in [-0.25, -0.2) is 4.98 Å². The van der Waals surface area contributed by atoms with Gasteiger partial charge in [-0.05, 0) is 42.2 Å². The smallest absolute Gasteiger partial charge is 0.228 e. The largest absolute Gasteiger partial charge is 0.326 e. The molecule has 2 heterocycles. The Morgan fingerprint density at radius 2 is 1.71 bits per heavy atom. The van der Waals surface area contributed by atoms with Gasteiger partial charge in [-0.15, -0.1) is 12.4 Å². The van der Waals surface area contributed by atoms with E-state index >= 15 is 0 Å². The van der Waals surface area contributed by atoms with Crippen LogP contribution in [0.2, 0.25) is 0 Å². The van der Waals surface area contributed by atoms with Gasteiger partial charge < -0.3 is 9.72 Å². The van der Waals surface area contributed by atoms with Crippen molar-refractivity contribution in [2.24, 2.45) is 5.92 Å². The zero-order valence-corrected chi connectivity index (χ0v) is 16.0. The van der Waals surface area contributed by atoms with Crippen LogP contribution in [0.5, 0.6) is 0 Å². The van der Waals surface area contributed by atoms with E-state index in [1.807, 2.05) is 77.5 Å². The van der Waals surface area contributed by atoms with Crippen LogP contribution in [-0.4, -0.2) is 15.3 Å². The highest BCUT2D eigenvalue weighted by molar-refractivity contribution is 5.95. The summed E-state index contributed by atoms with van der Waals surface area (Å²) in [5.74, 6) is 0.526. The molecule has 2 atom stereocenters. The molecule has 1 amide bonds. The van der Waals surface area contributed by atoms with E-state index < -0.39 is 0 Å². The Balaban J connectivity index is 0.00000192. The number of imidazole rings is 1. The lowest BCUT2D eigenvalue weighted by Gasteiger charge is -2.06. The van der Waals surface area contributed by atoms with E-state index in [-0.39, 0.29) is 24.2 Å². The number of amides is 1. The third kappa shape index (κ3) is 3.51. The normalized spacial score (nSPS) is 17.7. The Morgan fingerprint density at radius 3 is 2.46 bits per heavy atom. The summed E-state index contributed by atoms with van der Waals surface area (Å²) in [6.45, 7) is 0. The summed E-state index contributed by atoms with van der Waals surface area (Å²) in [4.78, 5) is 17.1. The van der Waals surface area contributed by atoms with E-state index in [1.54, 1.807) is 0 Å². The zero-order valence-electron chi connectivity index (χ0n) is 15.2. The van der Waals surface area contributed by atoms with E-state index in [0.29, 0.717) is 5.92 Å². The number of rotatable bonds is 4. The van der Waals surface area contributed by atoms with Gasteiger partial charge in [0.2, 0.25) is 5.91 Å². The Bertz CT molecular complexity index is 1070. The van der Waals surface area contributed by atoms with Crippen LogP contribution in [-0.2, 0) is 4.79 Å². The molecule has 0 aliphatic heterocycles. The van der Waals surface area contributed by atoms with Crippen LogP contribution in [0.1, 0.15) is 17.9 Å². The van der Waals surface area contributed by atoms with E-state index in [9.17, 15) is 4.79 Å². The summed E-state index contributed by atoms with van der Waals surface area (Å²) < 4.78 is 2.00. The van der Waals surface area contributed by atoms with Crippen molar-refractivity contribution in [1.82, 2.24) is 9.38 Å². The Labute approximate surface area is 169 Å². The van der Waals surface area contributed by atoms with Crippen LogP contribution in [0.25, 0.3) is 16.9 Å². The SMILES string of the molecule is Cl.O=C(Nc1ccc(-c2cn3ccccc3n2)cc1)C1CC1c1ccccc1. The number of pyridine rings is 1. The molecule has 1 N–H and O–H groups in total. The molecule has 2 aromatic heterocycles. The van der Waals surface area contributed by atoms with Gasteiger partial charge in [-0.3, -0.25) is 4.79 Å². The maximum Gasteiger partial charge on any atom is 0.228 e. The van der Waals surface area contributed by atoms with Crippen molar-refractivity contribution in [3.8, 4) is 11.3 Å². The van der Waals surface area contributed by atoms with E-state index in [4.69, 9.17) is 0 Å². The number of hydrogen-bond acceptors (Lipinski definition) is 2. The highest BCUT2D eigenvalue weighted by Gasteiger charge is 2.43. The lowest BCUT2D eigenvalue weighted by atomic mass is 10.1. The summed E-state index contributed by atoms with van der Waals surface area (Å²) >= 11 is 0. The Kier molecular flexibility index (Phi) is 4.88. The fraction of sp³-hybridized carbons (Fsp3) is 0.130. The molecule has 5 rings (SSSR count). The number of nitrogens with zero attached hydrogens (tertiary/aromatic N) is 2. The average molecular weight is 390 g/mol. The minimum absolute atomic E-state index is 0. The quantitative estimate of drug-likeness (QED) is 0.523. The molecule has 0 radical (unpaired) electrons. The van der Waals surface area contributed by atoms with Gasteiger partial charge in [-0.1, -0.05) is 48.5 Å². The molecule has 0 saturated heterocycles. The molecule has 28 heavy (non-hydrogen) atoms. The molecule has 1 fully saturated rings. The van der Waals surface area contributed by atoms with E-state index in [2.05, 4.69) is 22.4 Å². The molecule has 0 bridgehead atoms. The van der Waals surface area contributed by atoms with Crippen molar-refractivity contribution in [3.05, 3.63) is 90.8 Å². The molecule has 1 aliphatic rings. The number of aromatic nitrogens is 2. The van der Waals surface area contributed by atoms with Gasteiger partial charge in [0, 0.05) is 29.6 Å². The Morgan fingerprint density at radius 1 is 0.964 bits per heavy atom. The summed E-state index contributed by atoms with van der Waals surface area (Å²) in [6.07, 6.45) is 4.92. The fourth-order valence-electron chi connectivity index (χ4n) is 3.59. The van der Waals surface area contributed by atoms with Crippen LogP contribution < -0.4 is 5.32 Å². The molecule has 0 spiro atoms. The molecule has 140 valence electrons. The van der Waals surface area contributed by atoms with E-state index in [1.165, 1.54) is 5.56 Å². The molecule has 2 unspecified atom stereocenters. The lowest BCUT2D eigenvalue weighted by molar-refractivity contribution is -0.117. The van der Waals surface area contributed by atoms with Crippen LogP contribution in [0.15, 0.2) is 85.2 Å². The number of nitrogens with one attached hydrogen (secondary N) is 1. The number of benzene rings is 2. The van der Waals surface area contributed by atoms with Crippen molar-refractivity contribution < 1.29 is 4.79 Å². The van der Waals surface area contributed by atoms with Gasteiger partial charge in [0.25, 0.3) is 0 Å². The first-order valence-corrected chi connectivity index (χ1v) is 9.18.